The lowest BCUT2D eigenvalue weighted by atomic mass is 9.82. The molecule has 0 heterocycles. The predicted octanol–water partition coefficient (Wildman–Crippen LogP) is 2.14. The maximum absolute atomic E-state index is 12.2. The van der Waals surface area contributed by atoms with Crippen molar-refractivity contribution in [2.45, 2.75) is 19.0 Å². The lowest BCUT2D eigenvalue weighted by Crippen LogP contribution is -2.55. The Hall–Kier alpha value is -2.76. The maximum Gasteiger partial charge on any atom is 0.315 e. The molecule has 2 rings (SSSR count). The highest BCUT2D eigenvalue weighted by Crippen LogP contribution is 2.24. The first-order valence-corrected chi connectivity index (χ1v) is 7.73. The number of hydrogen-bond acceptors (Lipinski definition) is 3. The first kappa shape index (κ1) is 17.6. The SMILES string of the molecule is CN(C)c1ccc(CNC(=O)NC2(C)C=CC=CC2C(=O)O)cc1. The van der Waals surface area contributed by atoms with Gasteiger partial charge in [0.05, 0.1) is 5.54 Å². The van der Waals surface area contributed by atoms with E-state index in [2.05, 4.69) is 10.6 Å². The molecular weight excluding hydrogens is 306 g/mol. The molecule has 2 atom stereocenters. The zero-order valence-electron chi connectivity index (χ0n) is 14.1. The first-order valence-electron chi connectivity index (χ1n) is 7.73. The summed E-state index contributed by atoms with van der Waals surface area (Å²) in [6, 6.07) is 7.44. The Bertz CT molecular complexity index is 665. The largest absolute Gasteiger partial charge is 0.481 e. The van der Waals surface area contributed by atoms with Crippen LogP contribution in [0.15, 0.2) is 48.6 Å². The zero-order chi connectivity index (χ0) is 17.7. The van der Waals surface area contributed by atoms with Crippen molar-refractivity contribution >= 4 is 17.7 Å². The molecule has 0 spiro atoms. The van der Waals surface area contributed by atoms with Gasteiger partial charge in [-0.2, -0.15) is 0 Å². The molecule has 0 aromatic heterocycles. The molecule has 1 aromatic carbocycles. The van der Waals surface area contributed by atoms with Gasteiger partial charge in [0.1, 0.15) is 5.92 Å². The van der Waals surface area contributed by atoms with E-state index in [1.807, 2.05) is 43.3 Å². The number of aliphatic carboxylic acids is 1. The Morgan fingerprint density at radius 2 is 1.88 bits per heavy atom. The van der Waals surface area contributed by atoms with Crippen LogP contribution in [0.25, 0.3) is 0 Å². The van der Waals surface area contributed by atoms with E-state index < -0.39 is 23.5 Å². The second-order valence-corrected chi connectivity index (χ2v) is 6.21. The van der Waals surface area contributed by atoms with Crippen molar-refractivity contribution in [1.82, 2.24) is 10.6 Å². The molecule has 2 unspecified atom stereocenters. The molecule has 1 aliphatic carbocycles. The molecule has 0 aliphatic heterocycles. The zero-order valence-corrected chi connectivity index (χ0v) is 14.1. The van der Waals surface area contributed by atoms with Crippen LogP contribution in [-0.4, -0.2) is 36.7 Å². The summed E-state index contributed by atoms with van der Waals surface area (Å²) in [7, 11) is 3.93. The number of carbonyl (C=O) groups excluding carboxylic acids is 1. The van der Waals surface area contributed by atoms with Crippen LogP contribution >= 0.6 is 0 Å². The normalized spacial score (nSPS) is 22.0. The van der Waals surface area contributed by atoms with Gasteiger partial charge in [-0.1, -0.05) is 36.4 Å². The summed E-state index contributed by atoms with van der Waals surface area (Å²) in [6.07, 6.45) is 6.67. The Labute approximate surface area is 141 Å². The van der Waals surface area contributed by atoms with Crippen LogP contribution < -0.4 is 15.5 Å². The minimum atomic E-state index is -0.974. The van der Waals surface area contributed by atoms with Gasteiger partial charge >= 0.3 is 12.0 Å². The summed E-state index contributed by atoms with van der Waals surface area (Å²) in [5.41, 5.74) is 1.09. The molecule has 0 fully saturated rings. The Balaban J connectivity index is 1.94. The summed E-state index contributed by atoms with van der Waals surface area (Å²) >= 11 is 0. The van der Waals surface area contributed by atoms with E-state index in [9.17, 15) is 14.7 Å². The molecule has 24 heavy (non-hydrogen) atoms. The predicted molar refractivity (Wildman–Crippen MR) is 94.0 cm³/mol. The number of carboxylic acid groups (broad SMARTS) is 1. The summed E-state index contributed by atoms with van der Waals surface area (Å²) in [5, 5.41) is 14.8. The molecule has 128 valence electrons. The Kier molecular flexibility index (Phi) is 5.28. The molecule has 1 aliphatic rings. The van der Waals surface area contributed by atoms with Gasteiger partial charge in [-0.05, 0) is 24.6 Å². The molecule has 6 nitrogen and oxygen atoms in total. The van der Waals surface area contributed by atoms with E-state index in [-0.39, 0.29) is 0 Å². The number of anilines is 1. The van der Waals surface area contributed by atoms with Crippen LogP contribution in [0.2, 0.25) is 0 Å². The van der Waals surface area contributed by atoms with Gasteiger partial charge in [-0.25, -0.2) is 4.79 Å². The summed E-state index contributed by atoms with van der Waals surface area (Å²) in [6.45, 7) is 2.06. The fourth-order valence-electron chi connectivity index (χ4n) is 2.58. The number of hydrogen-bond donors (Lipinski definition) is 3. The molecule has 0 bridgehead atoms. The van der Waals surface area contributed by atoms with Crippen molar-refractivity contribution in [2.75, 3.05) is 19.0 Å². The van der Waals surface area contributed by atoms with Gasteiger partial charge in [0, 0.05) is 26.3 Å². The van der Waals surface area contributed by atoms with Crippen molar-refractivity contribution in [3.05, 3.63) is 54.1 Å². The van der Waals surface area contributed by atoms with Gasteiger partial charge in [0.25, 0.3) is 0 Å². The topological polar surface area (TPSA) is 81.7 Å². The third-order valence-corrected chi connectivity index (χ3v) is 4.06. The van der Waals surface area contributed by atoms with Crippen LogP contribution in [0.1, 0.15) is 12.5 Å². The number of benzene rings is 1. The molecular formula is C18H23N3O3. The number of nitrogens with one attached hydrogen (secondary N) is 2. The van der Waals surface area contributed by atoms with Crippen molar-refractivity contribution in [3.8, 4) is 0 Å². The monoisotopic (exact) mass is 329 g/mol. The van der Waals surface area contributed by atoms with E-state index in [0.717, 1.165) is 11.3 Å². The average Bonchev–Trinajstić information content (AvgIpc) is 2.53. The molecule has 1 aromatic rings. The van der Waals surface area contributed by atoms with Crippen LogP contribution in [0.5, 0.6) is 0 Å². The molecule has 0 saturated heterocycles. The number of urea groups is 1. The van der Waals surface area contributed by atoms with Gasteiger partial charge in [-0.3, -0.25) is 4.79 Å². The molecule has 0 saturated carbocycles. The summed E-state index contributed by atoms with van der Waals surface area (Å²) in [5.74, 6) is -1.77. The maximum atomic E-state index is 12.2. The highest BCUT2D eigenvalue weighted by Gasteiger charge is 2.37. The van der Waals surface area contributed by atoms with Crippen molar-refractivity contribution in [1.29, 1.82) is 0 Å². The number of rotatable bonds is 5. The lowest BCUT2D eigenvalue weighted by Gasteiger charge is -2.33. The third kappa shape index (κ3) is 4.16. The quantitative estimate of drug-likeness (QED) is 0.773. The van der Waals surface area contributed by atoms with Crippen LogP contribution in [0.3, 0.4) is 0 Å². The molecule has 6 heteroatoms. The van der Waals surface area contributed by atoms with Crippen molar-refractivity contribution in [2.24, 2.45) is 5.92 Å². The second-order valence-electron chi connectivity index (χ2n) is 6.21. The van der Waals surface area contributed by atoms with Crippen molar-refractivity contribution in [3.63, 3.8) is 0 Å². The van der Waals surface area contributed by atoms with E-state index in [1.165, 1.54) is 0 Å². The molecule has 0 radical (unpaired) electrons. The fraction of sp³-hybridized carbons (Fsp3) is 0.333. The van der Waals surface area contributed by atoms with E-state index in [4.69, 9.17) is 0 Å². The highest BCUT2D eigenvalue weighted by molar-refractivity contribution is 5.80. The first-order chi connectivity index (χ1) is 11.3. The van der Waals surface area contributed by atoms with E-state index in [1.54, 1.807) is 31.2 Å². The number of allylic oxidation sites excluding steroid dienone is 2. The van der Waals surface area contributed by atoms with Crippen LogP contribution in [0.4, 0.5) is 10.5 Å². The standard InChI is InChI=1S/C18H23N3O3/c1-18(11-5-4-6-15(18)16(22)23)20-17(24)19-12-13-7-9-14(10-8-13)21(2)3/h4-11,15H,12H2,1-3H3,(H,22,23)(H2,19,20,24). The van der Waals surface area contributed by atoms with E-state index >= 15 is 0 Å². The lowest BCUT2D eigenvalue weighted by molar-refractivity contribution is -0.141. The summed E-state index contributed by atoms with van der Waals surface area (Å²) < 4.78 is 0. The van der Waals surface area contributed by atoms with Crippen LogP contribution in [-0.2, 0) is 11.3 Å². The highest BCUT2D eigenvalue weighted by atomic mass is 16.4. The Morgan fingerprint density at radius 3 is 2.46 bits per heavy atom. The number of carboxylic acids is 1. The molecule has 2 amide bonds. The smallest absolute Gasteiger partial charge is 0.315 e. The number of carbonyl (C=O) groups is 2. The van der Waals surface area contributed by atoms with Crippen molar-refractivity contribution < 1.29 is 14.7 Å². The van der Waals surface area contributed by atoms with E-state index in [0.29, 0.717) is 6.54 Å². The van der Waals surface area contributed by atoms with Gasteiger partial charge in [0.2, 0.25) is 0 Å². The minimum absolute atomic E-state index is 0.368. The van der Waals surface area contributed by atoms with Gasteiger partial charge in [0.15, 0.2) is 0 Å². The molecule has 3 N–H and O–H groups in total. The van der Waals surface area contributed by atoms with Crippen LogP contribution in [0, 0.1) is 5.92 Å². The third-order valence-electron chi connectivity index (χ3n) is 4.06. The minimum Gasteiger partial charge on any atom is -0.481 e. The number of nitrogens with zero attached hydrogens (tertiary/aromatic N) is 1. The summed E-state index contributed by atoms with van der Waals surface area (Å²) in [4.78, 5) is 25.5. The average molecular weight is 329 g/mol. The number of amides is 2. The second kappa shape index (κ2) is 7.21. The Morgan fingerprint density at radius 1 is 1.21 bits per heavy atom. The van der Waals surface area contributed by atoms with Gasteiger partial charge < -0.3 is 20.6 Å². The fourth-order valence-corrected chi connectivity index (χ4v) is 2.58. The van der Waals surface area contributed by atoms with Gasteiger partial charge in [-0.15, -0.1) is 0 Å².